The number of benzene rings is 2. The lowest BCUT2D eigenvalue weighted by molar-refractivity contribution is 0.0752. The van der Waals surface area contributed by atoms with Crippen molar-refractivity contribution in [3.05, 3.63) is 62.4 Å². The van der Waals surface area contributed by atoms with Crippen LogP contribution in [0.4, 0.5) is 5.69 Å². The Labute approximate surface area is 170 Å². The van der Waals surface area contributed by atoms with Gasteiger partial charge in [0.05, 0.1) is 10.0 Å². The number of halogens is 3. The van der Waals surface area contributed by atoms with E-state index in [0.717, 1.165) is 33.9 Å². The van der Waals surface area contributed by atoms with Crippen LogP contribution in [0.25, 0.3) is 10.1 Å². The highest BCUT2D eigenvalue weighted by Gasteiger charge is 2.26. The summed E-state index contributed by atoms with van der Waals surface area (Å²) in [5.41, 5.74) is 1.08. The van der Waals surface area contributed by atoms with Crippen LogP contribution in [0.5, 0.6) is 0 Å². The molecule has 7 heteroatoms. The van der Waals surface area contributed by atoms with Crippen molar-refractivity contribution in [1.29, 1.82) is 0 Å². The van der Waals surface area contributed by atoms with Gasteiger partial charge in [-0.25, -0.2) is 0 Å². The second-order valence-corrected chi connectivity index (χ2v) is 8.39. The molecular weight excluding hydrogens is 411 g/mol. The van der Waals surface area contributed by atoms with Gasteiger partial charge in [-0.05, 0) is 30.3 Å². The minimum absolute atomic E-state index is 0.0296. The van der Waals surface area contributed by atoms with E-state index in [-0.39, 0.29) is 5.91 Å². The summed E-state index contributed by atoms with van der Waals surface area (Å²) in [5.74, 6) is -0.0296. The number of hydrogen-bond donors (Lipinski definition) is 0. The monoisotopic (exact) mass is 424 g/mol. The predicted octanol–water partition coefficient (Wildman–Crippen LogP) is 5.82. The molecule has 0 radical (unpaired) electrons. The van der Waals surface area contributed by atoms with E-state index in [0.29, 0.717) is 28.0 Å². The van der Waals surface area contributed by atoms with Crippen molar-refractivity contribution >= 4 is 67.8 Å². The molecular formula is C19H15Cl3N2OS. The van der Waals surface area contributed by atoms with E-state index < -0.39 is 0 Å². The highest BCUT2D eigenvalue weighted by Crippen LogP contribution is 2.40. The van der Waals surface area contributed by atoms with Crippen LogP contribution in [-0.2, 0) is 0 Å². The Morgan fingerprint density at radius 2 is 1.69 bits per heavy atom. The average molecular weight is 426 g/mol. The summed E-state index contributed by atoms with van der Waals surface area (Å²) < 4.78 is 0.934. The summed E-state index contributed by atoms with van der Waals surface area (Å²) >= 11 is 20.2. The molecule has 4 rings (SSSR count). The number of anilines is 1. The molecule has 1 saturated heterocycles. The molecule has 2 heterocycles. The van der Waals surface area contributed by atoms with Crippen molar-refractivity contribution in [2.24, 2.45) is 0 Å². The number of piperazine rings is 1. The van der Waals surface area contributed by atoms with Crippen LogP contribution in [0.2, 0.25) is 15.1 Å². The number of nitrogens with zero attached hydrogens (tertiary/aromatic N) is 2. The van der Waals surface area contributed by atoms with Crippen molar-refractivity contribution in [2.45, 2.75) is 0 Å². The maximum Gasteiger partial charge on any atom is 0.265 e. The molecule has 134 valence electrons. The van der Waals surface area contributed by atoms with Gasteiger partial charge in [-0.1, -0.05) is 46.9 Å². The van der Waals surface area contributed by atoms with E-state index in [1.54, 1.807) is 6.07 Å². The number of thiophene rings is 1. The van der Waals surface area contributed by atoms with Crippen LogP contribution >= 0.6 is 46.1 Å². The smallest absolute Gasteiger partial charge is 0.265 e. The normalized spacial score (nSPS) is 14.9. The molecule has 3 nitrogen and oxygen atoms in total. The Morgan fingerprint density at radius 1 is 0.962 bits per heavy atom. The average Bonchev–Trinajstić information content (AvgIpc) is 2.99. The maximum absolute atomic E-state index is 13.0. The molecule has 1 fully saturated rings. The second-order valence-electron chi connectivity index (χ2n) is 6.12. The van der Waals surface area contributed by atoms with Gasteiger partial charge in [-0.2, -0.15) is 0 Å². The van der Waals surface area contributed by atoms with Crippen LogP contribution < -0.4 is 4.90 Å². The molecule has 2 aromatic carbocycles. The molecule has 0 aliphatic carbocycles. The molecule has 0 atom stereocenters. The molecule has 1 aliphatic rings. The van der Waals surface area contributed by atoms with Crippen molar-refractivity contribution in [3.8, 4) is 0 Å². The van der Waals surface area contributed by atoms with Crippen LogP contribution in [-0.4, -0.2) is 37.0 Å². The molecule has 3 aromatic rings. The van der Waals surface area contributed by atoms with Crippen molar-refractivity contribution < 1.29 is 4.79 Å². The minimum Gasteiger partial charge on any atom is -0.368 e. The SMILES string of the molecule is O=C(c1sc2cccc(Cl)c2c1Cl)N1CCN(c2cccc(Cl)c2)CC1. The Kier molecular flexibility index (Phi) is 5.02. The van der Waals surface area contributed by atoms with Gasteiger partial charge in [0, 0.05) is 47.0 Å². The topological polar surface area (TPSA) is 23.6 Å². The summed E-state index contributed by atoms with van der Waals surface area (Å²) in [5, 5.41) is 2.52. The largest absolute Gasteiger partial charge is 0.368 e. The number of carbonyl (C=O) groups is 1. The predicted molar refractivity (Wildman–Crippen MR) is 111 cm³/mol. The molecule has 26 heavy (non-hydrogen) atoms. The molecule has 0 spiro atoms. The first-order valence-corrected chi connectivity index (χ1v) is 10.2. The summed E-state index contributed by atoms with van der Waals surface area (Å²) in [6.07, 6.45) is 0. The van der Waals surface area contributed by atoms with Crippen molar-refractivity contribution in [1.82, 2.24) is 4.90 Å². The van der Waals surface area contributed by atoms with Gasteiger partial charge in [0.25, 0.3) is 5.91 Å². The highest BCUT2D eigenvalue weighted by atomic mass is 35.5. The summed E-state index contributed by atoms with van der Waals surface area (Å²) in [6.45, 7) is 2.80. The lowest BCUT2D eigenvalue weighted by Crippen LogP contribution is -2.48. The van der Waals surface area contributed by atoms with Gasteiger partial charge in [0.15, 0.2) is 0 Å². The number of rotatable bonds is 2. The van der Waals surface area contributed by atoms with Crippen molar-refractivity contribution in [3.63, 3.8) is 0 Å². The van der Waals surface area contributed by atoms with E-state index in [4.69, 9.17) is 34.8 Å². The third-order valence-electron chi connectivity index (χ3n) is 4.54. The lowest BCUT2D eigenvalue weighted by atomic mass is 10.2. The number of carbonyl (C=O) groups excluding carboxylic acids is 1. The van der Waals surface area contributed by atoms with Crippen molar-refractivity contribution in [2.75, 3.05) is 31.1 Å². The van der Waals surface area contributed by atoms with E-state index in [9.17, 15) is 4.79 Å². The minimum atomic E-state index is -0.0296. The first-order valence-electron chi connectivity index (χ1n) is 8.21. The quantitative estimate of drug-likeness (QED) is 0.516. The van der Waals surface area contributed by atoms with Crippen LogP contribution in [0, 0.1) is 0 Å². The Bertz CT molecular complexity index is 980. The Hall–Kier alpha value is -1.46. The molecule has 0 unspecified atom stereocenters. The maximum atomic E-state index is 13.0. The Balaban J connectivity index is 1.52. The standard InChI is InChI=1S/C19H15Cl3N2OS/c20-12-3-1-4-13(11-12)23-7-9-24(10-8-23)19(25)18-17(22)16-14(21)5-2-6-15(16)26-18/h1-6,11H,7-10H2. The fourth-order valence-corrected chi connectivity index (χ4v) is 5.30. The molecule has 0 bridgehead atoms. The molecule has 1 aliphatic heterocycles. The van der Waals surface area contributed by atoms with Gasteiger partial charge in [-0.15, -0.1) is 11.3 Å². The summed E-state index contributed by atoms with van der Waals surface area (Å²) in [6, 6.07) is 13.4. The number of amides is 1. The Morgan fingerprint density at radius 3 is 2.38 bits per heavy atom. The highest BCUT2D eigenvalue weighted by molar-refractivity contribution is 7.21. The summed E-state index contributed by atoms with van der Waals surface area (Å²) in [4.78, 5) is 17.6. The summed E-state index contributed by atoms with van der Waals surface area (Å²) in [7, 11) is 0. The zero-order chi connectivity index (χ0) is 18.3. The fraction of sp³-hybridized carbons (Fsp3) is 0.211. The third-order valence-corrected chi connectivity index (χ3v) is 6.72. The van der Waals surface area contributed by atoms with E-state index in [2.05, 4.69) is 4.90 Å². The van der Waals surface area contributed by atoms with E-state index in [1.165, 1.54) is 11.3 Å². The van der Waals surface area contributed by atoms with Crippen LogP contribution in [0.1, 0.15) is 9.67 Å². The zero-order valence-electron chi connectivity index (χ0n) is 13.7. The fourth-order valence-electron chi connectivity index (χ4n) is 3.19. The van der Waals surface area contributed by atoms with Gasteiger partial charge in [-0.3, -0.25) is 4.79 Å². The number of hydrogen-bond acceptors (Lipinski definition) is 3. The lowest BCUT2D eigenvalue weighted by Gasteiger charge is -2.36. The molecule has 1 aromatic heterocycles. The second kappa shape index (κ2) is 7.28. The first kappa shape index (κ1) is 17.9. The molecule has 0 N–H and O–H groups in total. The number of fused-ring (bicyclic) bond motifs is 1. The van der Waals surface area contributed by atoms with Crippen LogP contribution in [0.15, 0.2) is 42.5 Å². The zero-order valence-corrected chi connectivity index (χ0v) is 16.8. The van der Waals surface area contributed by atoms with Gasteiger partial charge in [0.1, 0.15) is 4.88 Å². The third kappa shape index (κ3) is 3.27. The van der Waals surface area contributed by atoms with E-state index in [1.807, 2.05) is 41.3 Å². The van der Waals surface area contributed by atoms with Gasteiger partial charge < -0.3 is 9.80 Å². The van der Waals surface area contributed by atoms with Gasteiger partial charge >= 0.3 is 0 Å². The molecule has 0 saturated carbocycles. The molecule has 1 amide bonds. The van der Waals surface area contributed by atoms with E-state index >= 15 is 0 Å². The van der Waals surface area contributed by atoms with Gasteiger partial charge in [0.2, 0.25) is 0 Å². The first-order chi connectivity index (χ1) is 12.5. The van der Waals surface area contributed by atoms with Crippen LogP contribution in [0.3, 0.4) is 0 Å².